The molecule has 3 aliphatic heterocycles. The standard InChI is InChI=1S/C37H52N8O4.C18H16N4O/c1-24(2)34(32-21-33(41-49-32)44-19-12-27(13-20-44)23-43-17-14-30(40-48)15-18-43)37(47)45-16-6-7-31(45)36(46)39-26(4)28-8-10-29(11-9-28)35-25(3)22-38-42(35)5;19-17-13(9-8-12-4-3-5-12)10-22-11-15(20-18(22)21-17)14-6-1-2-7-16(14)23/h8-11,21-22,24,26-27,30-31,34H,6-7,12-20,23H2,1-5H3,(H,39,46);1-2,6-7,10-12,23H,3-5H2,(H2,19,20,21). The van der Waals surface area contributed by atoms with E-state index in [2.05, 4.69) is 64.5 Å². The summed E-state index contributed by atoms with van der Waals surface area (Å²) in [5, 5.41) is 25.1. The molecule has 3 saturated heterocycles. The van der Waals surface area contributed by atoms with Crippen LogP contribution < -0.4 is 16.0 Å². The van der Waals surface area contributed by atoms with E-state index < -0.39 is 12.0 Å². The van der Waals surface area contributed by atoms with Gasteiger partial charge in [0, 0.05) is 81.8 Å². The van der Waals surface area contributed by atoms with Crippen molar-refractivity contribution in [1.82, 2.24) is 44.4 Å². The number of hydrogen-bond acceptors (Lipinski definition) is 13. The van der Waals surface area contributed by atoms with Gasteiger partial charge in [0.1, 0.15) is 23.5 Å². The van der Waals surface area contributed by atoms with Crippen molar-refractivity contribution in [1.29, 1.82) is 0 Å². The lowest BCUT2D eigenvalue weighted by Crippen LogP contribution is -2.48. The zero-order chi connectivity index (χ0) is 50.5. The average molecular weight is 977 g/mol. The van der Waals surface area contributed by atoms with Crippen molar-refractivity contribution in [3.8, 4) is 40.1 Å². The number of nitrogens with two attached hydrogens (primary N) is 1. The number of benzene rings is 2. The third kappa shape index (κ3) is 11.2. The largest absolute Gasteiger partial charge is 0.507 e. The van der Waals surface area contributed by atoms with Crippen LogP contribution in [0, 0.1) is 41.4 Å². The monoisotopic (exact) mass is 977 g/mol. The molecule has 4 aliphatic rings. The zero-order valence-electron chi connectivity index (χ0n) is 42.2. The number of aryl methyl sites for hydroxylation is 2. The summed E-state index contributed by atoms with van der Waals surface area (Å²) in [6, 6.07) is 16.5. The third-order valence-corrected chi connectivity index (χ3v) is 15.1. The quantitative estimate of drug-likeness (QED) is 0.0783. The number of hydrogen-bond donors (Lipinski definition) is 3. The number of imidazole rings is 1. The SMILES string of the molecule is Cc1cnn(C)c1-c1ccc(C(C)NC(=O)C2CCCN2C(=O)C(c2cc(N3CCC(CN4CCC(N=O)CC4)CC3)no2)C(C)C)cc1.Nc1nc2nc(-c3ccccc3O)cn2cc1C#CC1CCC1. The van der Waals surface area contributed by atoms with Gasteiger partial charge in [0.25, 0.3) is 0 Å². The topological polar surface area (TPSA) is 206 Å². The second-order valence-electron chi connectivity index (χ2n) is 20.5. The van der Waals surface area contributed by atoms with Gasteiger partial charge >= 0.3 is 0 Å². The summed E-state index contributed by atoms with van der Waals surface area (Å²) in [5.74, 6) is 9.15. The fourth-order valence-corrected chi connectivity index (χ4v) is 10.6. The number of nitrogens with one attached hydrogen (secondary N) is 1. The Morgan fingerprint density at radius 1 is 0.931 bits per heavy atom. The number of nitroso groups, excluding NO2 is 1. The average Bonchev–Trinajstić information content (AvgIpc) is 4.20. The Morgan fingerprint density at radius 2 is 1.68 bits per heavy atom. The minimum atomic E-state index is -0.519. The molecule has 2 amide bonds. The zero-order valence-corrected chi connectivity index (χ0v) is 42.2. The summed E-state index contributed by atoms with van der Waals surface area (Å²) in [6.45, 7) is 13.4. The van der Waals surface area contributed by atoms with Crippen molar-refractivity contribution >= 4 is 29.2 Å². The van der Waals surface area contributed by atoms with Crippen LogP contribution in [-0.4, -0.2) is 107 Å². The van der Waals surface area contributed by atoms with E-state index in [1.807, 2.05) is 88.3 Å². The summed E-state index contributed by atoms with van der Waals surface area (Å²) in [5.41, 5.74) is 12.3. The number of piperidine rings is 2. The predicted molar refractivity (Wildman–Crippen MR) is 278 cm³/mol. The Morgan fingerprint density at radius 3 is 2.35 bits per heavy atom. The van der Waals surface area contributed by atoms with E-state index in [0.29, 0.717) is 59.0 Å². The Bertz CT molecular complexity index is 2890. The van der Waals surface area contributed by atoms with E-state index in [1.54, 1.807) is 21.4 Å². The first-order valence-corrected chi connectivity index (χ1v) is 25.7. The molecule has 17 nitrogen and oxygen atoms in total. The Kier molecular flexibility index (Phi) is 15.4. The molecule has 3 atom stereocenters. The number of nitrogens with zero attached hydrogens (tertiary/aromatic N) is 10. The number of rotatable bonds is 12. The first-order chi connectivity index (χ1) is 34.8. The van der Waals surface area contributed by atoms with E-state index in [-0.39, 0.29) is 35.6 Å². The highest BCUT2D eigenvalue weighted by Gasteiger charge is 2.41. The molecule has 72 heavy (non-hydrogen) atoms. The Hall–Kier alpha value is -7.06. The van der Waals surface area contributed by atoms with Crippen LogP contribution in [-0.2, 0) is 16.6 Å². The molecule has 1 saturated carbocycles. The molecular weight excluding hydrogens is 909 g/mol. The molecule has 6 aromatic rings. The number of phenolic OH excluding ortho intramolecular Hbond substituents is 1. The molecule has 0 spiro atoms. The Balaban J connectivity index is 0.000000230. The summed E-state index contributed by atoms with van der Waals surface area (Å²) >= 11 is 0. The van der Waals surface area contributed by atoms with Gasteiger partial charge < -0.3 is 35.4 Å². The van der Waals surface area contributed by atoms with E-state index in [1.165, 1.54) is 19.3 Å². The fourth-order valence-electron chi connectivity index (χ4n) is 10.6. The van der Waals surface area contributed by atoms with Crippen LogP contribution in [0.4, 0.5) is 11.6 Å². The van der Waals surface area contributed by atoms with Crippen molar-refractivity contribution in [3.63, 3.8) is 0 Å². The van der Waals surface area contributed by atoms with Gasteiger partial charge in [-0.1, -0.05) is 78.8 Å². The van der Waals surface area contributed by atoms with E-state index >= 15 is 0 Å². The van der Waals surface area contributed by atoms with Gasteiger partial charge in [-0.25, -0.2) is 4.98 Å². The first-order valence-electron chi connectivity index (χ1n) is 25.7. The number of carbonyl (C=O) groups is 2. The number of amides is 2. The van der Waals surface area contributed by atoms with Gasteiger partial charge in [0.2, 0.25) is 17.6 Å². The van der Waals surface area contributed by atoms with Crippen LogP contribution in [0.2, 0.25) is 0 Å². The number of aromatic hydroxyl groups is 1. The number of aromatic nitrogens is 6. The van der Waals surface area contributed by atoms with Gasteiger partial charge in [-0.3, -0.25) is 18.7 Å². The van der Waals surface area contributed by atoms with Gasteiger partial charge in [0.15, 0.2) is 11.6 Å². The van der Waals surface area contributed by atoms with Gasteiger partial charge in [-0.2, -0.15) is 15.0 Å². The Labute approximate surface area is 421 Å². The summed E-state index contributed by atoms with van der Waals surface area (Å²) in [6.07, 6.45) is 14.4. The normalized spacial score (nSPS) is 18.8. The summed E-state index contributed by atoms with van der Waals surface area (Å²) in [4.78, 5) is 53.8. The number of para-hydroxylation sites is 1. The van der Waals surface area contributed by atoms with Crippen molar-refractivity contribution in [2.75, 3.05) is 49.9 Å². The summed E-state index contributed by atoms with van der Waals surface area (Å²) < 4.78 is 9.54. The number of carbonyl (C=O) groups excluding carboxylic acids is 2. The molecule has 2 aromatic carbocycles. The van der Waals surface area contributed by atoms with Gasteiger partial charge in [0.05, 0.1) is 35.2 Å². The molecule has 0 bridgehead atoms. The van der Waals surface area contributed by atoms with E-state index in [9.17, 15) is 19.6 Å². The smallest absolute Gasteiger partial charge is 0.243 e. The lowest BCUT2D eigenvalue weighted by Gasteiger charge is -2.36. The molecule has 17 heteroatoms. The maximum absolute atomic E-state index is 14.1. The summed E-state index contributed by atoms with van der Waals surface area (Å²) in [7, 11) is 1.94. The molecule has 3 unspecified atom stereocenters. The second kappa shape index (κ2) is 22.1. The highest BCUT2D eigenvalue weighted by molar-refractivity contribution is 5.91. The number of nitrogen functional groups attached to an aromatic ring is 1. The lowest BCUT2D eigenvalue weighted by atomic mass is 9.86. The number of likely N-dealkylation sites (tertiary alicyclic amines) is 2. The number of fused-ring (bicyclic) bond motifs is 1. The van der Waals surface area contributed by atoms with Crippen LogP contribution in [0.15, 0.2) is 82.9 Å². The maximum atomic E-state index is 14.1. The van der Waals surface area contributed by atoms with Crippen LogP contribution in [0.25, 0.3) is 28.3 Å². The molecule has 7 heterocycles. The lowest BCUT2D eigenvalue weighted by molar-refractivity contribution is -0.141. The fraction of sp³-hybridized carbons (Fsp3) is 0.491. The molecular formula is C55H68N12O5. The van der Waals surface area contributed by atoms with Gasteiger partial charge in [-0.15, -0.1) is 0 Å². The van der Waals surface area contributed by atoms with Crippen molar-refractivity contribution in [2.24, 2.45) is 30.0 Å². The molecule has 10 rings (SSSR count). The van der Waals surface area contributed by atoms with Crippen LogP contribution in [0.1, 0.15) is 113 Å². The van der Waals surface area contributed by atoms with Crippen molar-refractivity contribution in [3.05, 3.63) is 101 Å². The minimum absolute atomic E-state index is 0.0182. The molecule has 1 aliphatic carbocycles. The minimum Gasteiger partial charge on any atom is -0.507 e. The molecule has 0 radical (unpaired) electrons. The maximum Gasteiger partial charge on any atom is 0.243 e. The second-order valence-corrected chi connectivity index (χ2v) is 20.5. The highest BCUT2D eigenvalue weighted by atomic mass is 16.5. The molecule has 4 aromatic heterocycles. The van der Waals surface area contributed by atoms with Crippen LogP contribution >= 0.6 is 0 Å². The van der Waals surface area contributed by atoms with E-state index in [0.717, 1.165) is 93.0 Å². The number of anilines is 2. The molecule has 378 valence electrons. The third-order valence-electron chi connectivity index (χ3n) is 15.1. The van der Waals surface area contributed by atoms with Crippen LogP contribution in [0.3, 0.4) is 0 Å². The van der Waals surface area contributed by atoms with Crippen molar-refractivity contribution < 1.29 is 19.2 Å². The van der Waals surface area contributed by atoms with Crippen LogP contribution in [0.5, 0.6) is 5.75 Å². The van der Waals surface area contributed by atoms with E-state index in [4.69, 9.17) is 10.3 Å². The number of phenols is 1. The van der Waals surface area contributed by atoms with Gasteiger partial charge in [-0.05, 0) is 100 Å². The van der Waals surface area contributed by atoms with Crippen molar-refractivity contribution in [2.45, 2.75) is 110 Å². The molecule has 4 fully saturated rings. The predicted octanol–water partition coefficient (Wildman–Crippen LogP) is 8.27. The first kappa shape index (κ1) is 49.9. The molecule has 4 N–H and O–H groups in total. The highest BCUT2D eigenvalue weighted by Crippen LogP contribution is 2.35.